The first-order valence-electron chi connectivity index (χ1n) is 2.94. The molecule has 1 heterocycles. The second kappa shape index (κ2) is 2.76. The van der Waals surface area contributed by atoms with Crippen LogP contribution in [0.25, 0.3) is 0 Å². The lowest BCUT2D eigenvalue weighted by molar-refractivity contribution is 1.15. The molecule has 50 valence electrons. The molecule has 2 heteroatoms. The van der Waals surface area contributed by atoms with E-state index in [-0.39, 0.29) is 0 Å². The molecular weight excluding hydrogens is 148 g/mol. The number of aryl methyl sites for hydroxylation is 1. The number of thiophene rings is 1. The van der Waals surface area contributed by atoms with Crippen molar-refractivity contribution in [1.82, 2.24) is 0 Å². The van der Waals surface area contributed by atoms with Crippen LogP contribution in [-0.2, 0) is 0 Å². The fraction of sp³-hybridized carbons (Fsp3) is 0.429. The molecule has 1 rings (SSSR count). The largest absolute Gasteiger partial charge is 0.171 e. The highest BCUT2D eigenvalue weighted by Crippen LogP contribution is 2.25. The quantitative estimate of drug-likeness (QED) is 0.597. The van der Waals surface area contributed by atoms with Crippen molar-refractivity contribution in [3.05, 3.63) is 21.9 Å². The maximum atomic E-state index is 4.31. The fourth-order valence-electron chi connectivity index (χ4n) is 0.678. The first-order chi connectivity index (χ1) is 4.20. The van der Waals surface area contributed by atoms with Gasteiger partial charge in [0.1, 0.15) is 0 Å². The molecule has 0 aliphatic carbocycles. The van der Waals surface area contributed by atoms with Gasteiger partial charge in [-0.1, -0.05) is 0 Å². The van der Waals surface area contributed by atoms with Crippen LogP contribution in [0.1, 0.15) is 21.9 Å². The molecular formula is C7H10S2. The Balaban J connectivity index is 2.85. The minimum absolute atomic E-state index is 0.392. The van der Waals surface area contributed by atoms with Gasteiger partial charge < -0.3 is 0 Å². The van der Waals surface area contributed by atoms with Crippen LogP contribution in [-0.4, -0.2) is 0 Å². The number of rotatable bonds is 1. The maximum absolute atomic E-state index is 4.31. The molecule has 0 aliphatic rings. The van der Waals surface area contributed by atoms with E-state index in [1.807, 2.05) is 11.3 Å². The van der Waals surface area contributed by atoms with Gasteiger partial charge in [-0.15, -0.1) is 11.3 Å². The Morgan fingerprint density at radius 2 is 2.22 bits per heavy atom. The van der Waals surface area contributed by atoms with E-state index < -0.39 is 0 Å². The maximum Gasteiger partial charge on any atom is 0.0332 e. The molecule has 0 saturated heterocycles. The Labute approximate surface area is 65.3 Å². The lowest BCUT2D eigenvalue weighted by atomic mass is 10.4. The summed E-state index contributed by atoms with van der Waals surface area (Å²) in [5.41, 5.74) is 0. The monoisotopic (exact) mass is 158 g/mol. The summed E-state index contributed by atoms with van der Waals surface area (Å²) in [7, 11) is 0. The highest BCUT2D eigenvalue weighted by Gasteiger charge is 2.00. The van der Waals surface area contributed by atoms with E-state index in [0.717, 1.165) is 0 Å². The molecule has 0 amide bonds. The van der Waals surface area contributed by atoms with E-state index in [1.165, 1.54) is 9.75 Å². The summed E-state index contributed by atoms with van der Waals surface area (Å²) in [6, 6.07) is 4.27. The van der Waals surface area contributed by atoms with Crippen LogP contribution < -0.4 is 0 Å². The first-order valence-corrected chi connectivity index (χ1v) is 4.28. The van der Waals surface area contributed by atoms with Crippen molar-refractivity contribution < 1.29 is 0 Å². The number of thiol groups is 1. The molecule has 0 aliphatic heterocycles. The molecule has 0 aromatic carbocycles. The molecule has 1 unspecified atom stereocenters. The third-order valence-electron chi connectivity index (χ3n) is 1.17. The third-order valence-corrected chi connectivity index (χ3v) is 2.81. The minimum atomic E-state index is 0.392. The molecule has 0 spiro atoms. The predicted octanol–water partition coefficient (Wildman–Crippen LogP) is 3.05. The molecule has 0 bridgehead atoms. The van der Waals surface area contributed by atoms with Crippen molar-refractivity contribution >= 4 is 24.0 Å². The first kappa shape index (κ1) is 7.16. The molecule has 0 fully saturated rings. The molecule has 0 radical (unpaired) electrons. The van der Waals surface area contributed by atoms with Gasteiger partial charge in [0.2, 0.25) is 0 Å². The number of hydrogen-bond donors (Lipinski definition) is 1. The molecule has 0 N–H and O–H groups in total. The average molecular weight is 158 g/mol. The van der Waals surface area contributed by atoms with E-state index in [0.29, 0.717) is 5.25 Å². The van der Waals surface area contributed by atoms with Gasteiger partial charge in [0.05, 0.1) is 0 Å². The Morgan fingerprint density at radius 1 is 1.56 bits per heavy atom. The van der Waals surface area contributed by atoms with Gasteiger partial charge in [0, 0.05) is 15.0 Å². The van der Waals surface area contributed by atoms with Gasteiger partial charge >= 0.3 is 0 Å². The van der Waals surface area contributed by atoms with Crippen LogP contribution in [0.3, 0.4) is 0 Å². The zero-order chi connectivity index (χ0) is 6.85. The van der Waals surface area contributed by atoms with Crippen LogP contribution >= 0.6 is 24.0 Å². The molecule has 1 atom stereocenters. The Morgan fingerprint density at radius 3 is 2.44 bits per heavy atom. The summed E-state index contributed by atoms with van der Waals surface area (Å²) >= 11 is 6.13. The van der Waals surface area contributed by atoms with Crippen molar-refractivity contribution in [2.24, 2.45) is 0 Å². The zero-order valence-electron chi connectivity index (χ0n) is 5.59. The van der Waals surface area contributed by atoms with Gasteiger partial charge in [-0.3, -0.25) is 0 Å². The van der Waals surface area contributed by atoms with E-state index in [4.69, 9.17) is 0 Å². The van der Waals surface area contributed by atoms with Crippen LogP contribution in [0.4, 0.5) is 0 Å². The summed E-state index contributed by atoms with van der Waals surface area (Å²) in [4.78, 5) is 2.72. The highest BCUT2D eigenvalue weighted by molar-refractivity contribution is 7.80. The smallest absolute Gasteiger partial charge is 0.0332 e. The molecule has 0 saturated carbocycles. The molecule has 1 aromatic rings. The Bertz CT molecular complexity index is 189. The van der Waals surface area contributed by atoms with E-state index in [1.54, 1.807) is 0 Å². The van der Waals surface area contributed by atoms with Gasteiger partial charge in [0.25, 0.3) is 0 Å². The van der Waals surface area contributed by atoms with Gasteiger partial charge in [0.15, 0.2) is 0 Å². The topological polar surface area (TPSA) is 0 Å². The van der Waals surface area contributed by atoms with Crippen molar-refractivity contribution in [2.45, 2.75) is 19.1 Å². The Kier molecular flexibility index (Phi) is 2.19. The molecule has 0 nitrogen and oxygen atoms in total. The van der Waals surface area contributed by atoms with E-state index in [9.17, 15) is 0 Å². The SMILES string of the molecule is Cc1ccc(C(C)S)s1. The van der Waals surface area contributed by atoms with E-state index in [2.05, 4.69) is 38.6 Å². The van der Waals surface area contributed by atoms with Gasteiger partial charge in [-0.2, -0.15) is 12.6 Å². The second-order valence-corrected chi connectivity index (χ2v) is 4.22. The van der Waals surface area contributed by atoms with Crippen molar-refractivity contribution in [3.8, 4) is 0 Å². The molecule has 1 aromatic heterocycles. The second-order valence-electron chi connectivity index (χ2n) is 2.12. The minimum Gasteiger partial charge on any atom is -0.171 e. The predicted molar refractivity (Wildman–Crippen MR) is 46.5 cm³/mol. The summed E-state index contributed by atoms with van der Waals surface area (Å²) in [6.07, 6.45) is 0. The zero-order valence-corrected chi connectivity index (χ0v) is 7.30. The Hall–Kier alpha value is 0.0500. The lowest BCUT2D eigenvalue weighted by Crippen LogP contribution is -1.72. The normalized spacial score (nSPS) is 13.7. The highest BCUT2D eigenvalue weighted by atomic mass is 32.1. The third kappa shape index (κ3) is 1.73. The van der Waals surface area contributed by atoms with E-state index >= 15 is 0 Å². The van der Waals surface area contributed by atoms with Crippen molar-refractivity contribution in [1.29, 1.82) is 0 Å². The average Bonchev–Trinajstić information content (AvgIpc) is 2.14. The van der Waals surface area contributed by atoms with Gasteiger partial charge in [-0.05, 0) is 26.0 Å². The van der Waals surface area contributed by atoms with Gasteiger partial charge in [-0.25, -0.2) is 0 Å². The summed E-state index contributed by atoms with van der Waals surface area (Å²) in [6.45, 7) is 4.21. The van der Waals surface area contributed by atoms with Crippen LogP contribution in [0.15, 0.2) is 12.1 Å². The molecule has 9 heavy (non-hydrogen) atoms. The van der Waals surface area contributed by atoms with Crippen LogP contribution in [0.5, 0.6) is 0 Å². The summed E-state index contributed by atoms with van der Waals surface area (Å²) in [5.74, 6) is 0. The van der Waals surface area contributed by atoms with Crippen LogP contribution in [0, 0.1) is 6.92 Å². The number of hydrogen-bond acceptors (Lipinski definition) is 2. The fourth-order valence-corrected chi connectivity index (χ4v) is 1.74. The standard InChI is InChI=1S/C7H10S2/c1-5-3-4-7(9-5)6(2)8/h3-4,6,8H,1-2H3. The van der Waals surface area contributed by atoms with Crippen molar-refractivity contribution in [3.63, 3.8) is 0 Å². The summed E-state index contributed by atoms with van der Waals surface area (Å²) in [5, 5.41) is 0.392. The van der Waals surface area contributed by atoms with Crippen molar-refractivity contribution in [2.75, 3.05) is 0 Å². The summed E-state index contributed by atoms with van der Waals surface area (Å²) < 4.78 is 0. The van der Waals surface area contributed by atoms with Crippen LogP contribution in [0.2, 0.25) is 0 Å². The lowest BCUT2D eigenvalue weighted by Gasteiger charge is -1.95.